The molecule has 0 bridgehead atoms. The summed E-state index contributed by atoms with van der Waals surface area (Å²) in [7, 11) is 0. The Kier molecular flexibility index (Phi) is 9.20. The van der Waals surface area contributed by atoms with Gasteiger partial charge in [-0.3, -0.25) is 14.9 Å². The van der Waals surface area contributed by atoms with Crippen molar-refractivity contribution in [2.75, 3.05) is 4.90 Å². The van der Waals surface area contributed by atoms with Gasteiger partial charge in [-0.2, -0.15) is 0 Å². The van der Waals surface area contributed by atoms with Crippen LogP contribution in [0.2, 0.25) is 10.0 Å². The number of halogens is 3. The fraction of sp³-hybridized carbons (Fsp3) is 0.121. The summed E-state index contributed by atoms with van der Waals surface area (Å²) in [5, 5.41) is 3.26. The molecule has 0 atom stereocenters. The van der Waals surface area contributed by atoms with Gasteiger partial charge in [-0.05, 0) is 91.2 Å². The maximum absolute atomic E-state index is 13.5. The molecule has 0 spiro atoms. The minimum atomic E-state index is -0.853. The molecule has 5 rings (SSSR count). The molecular weight excluding hydrogens is 655 g/mol. The number of amides is 4. The maximum Gasteiger partial charge on any atom is 0.335 e. The first-order valence-corrected chi connectivity index (χ1v) is 14.7. The lowest BCUT2D eigenvalue weighted by molar-refractivity contribution is -0.122. The molecule has 1 aliphatic heterocycles. The van der Waals surface area contributed by atoms with Gasteiger partial charge in [0.15, 0.2) is 0 Å². The van der Waals surface area contributed by atoms with Gasteiger partial charge in [-0.1, -0.05) is 63.4 Å². The number of benzene rings is 4. The average molecular weight is 680 g/mol. The molecule has 1 N–H and O–H groups in total. The van der Waals surface area contributed by atoms with E-state index in [9.17, 15) is 14.4 Å². The van der Waals surface area contributed by atoms with Gasteiger partial charge in [-0.25, -0.2) is 9.69 Å². The van der Waals surface area contributed by atoms with Crippen LogP contribution in [0.4, 0.5) is 10.5 Å². The largest absolute Gasteiger partial charge is 0.489 e. The third kappa shape index (κ3) is 7.10. The smallest absolute Gasteiger partial charge is 0.335 e. The van der Waals surface area contributed by atoms with Crippen LogP contribution in [-0.4, -0.2) is 17.8 Å². The fourth-order valence-corrected chi connectivity index (χ4v) is 5.20. The van der Waals surface area contributed by atoms with E-state index in [2.05, 4.69) is 27.3 Å². The SMILES string of the molecule is Cc1ccc(COc2ccc(Br)cc2/C=C2\C(=O)NC(=O)N(c3ccc(OCc4ccc(Cl)cc4Cl)cc3)C2=O)cc1C. The maximum atomic E-state index is 13.5. The van der Waals surface area contributed by atoms with Crippen molar-refractivity contribution in [2.24, 2.45) is 0 Å². The number of barbiturate groups is 1. The third-order valence-corrected chi connectivity index (χ3v) is 7.92. The lowest BCUT2D eigenvalue weighted by Gasteiger charge is -2.26. The van der Waals surface area contributed by atoms with Crippen LogP contribution in [0.1, 0.15) is 27.8 Å². The Balaban J connectivity index is 1.35. The van der Waals surface area contributed by atoms with E-state index in [1.807, 2.05) is 26.0 Å². The number of rotatable bonds is 8. The van der Waals surface area contributed by atoms with Crippen LogP contribution in [-0.2, 0) is 22.8 Å². The number of ether oxygens (including phenoxy) is 2. The van der Waals surface area contributed by atoms with Crippen LogP contribution in [0.3, 0.4) is 0 Å². The number of aryl methyl sites for hydroxylation is 2. The minimum Gasteiger partial charge on any atom is -0.489 e. The Morgan fingerprint density at radius 2 is 1.60 bits per heavy atom. The van der Waals surface area contributed by atoms with E-state index in [4.69, 9.17) is 32.7 Å². The monoisotopic (exact) mass is 678 g/mol. The normalized spacial score (nSPS) is 14.2. The van der Waals surface area contributed by atoms with Gasteiger partial charge in [-0.15, -0.1) is 0 Å². The molecule has 4 aromatic rings. The Morgan fingerprint density at radius 3 is 2.33 bits per heavy atom. The summed E-state index contributed by atoms with van der Waals surface area (Å²) in [5.41, 5.74) is 4.61. The van der Waals surface area contributed by atoms with Crippen molar-refractivity contribution >= 4 is 68.7 Å². The predicted octanol–water partition coefficient (Wildman–Crippen LogP) is 8.20. The first-order valence-electron chi connectivity index (χ1n) is 13.2. The molecule has 4 aromatic carbocycles. The summed E-state index contributed by atoms with van der Waals surface area (Å²) in [5.74, 6) is -0.604. The van der Waals surface area contributed by atoms with Crippen LogP contribution >= 0.6 is 39.1 Å². The third-order valence-electron chi connectivity index (χ3n) is 6.84. The molecule has 7 nitrogen and oxygen atoms in total. The number of imide groups is 2. The van der Waals surface area contributed by atoms with E-state index in [1.54, 1.807) is 60.7 Å². The fourth-order valence-electron chi connectivity index (χ4n) is 4.36. The highest BCUT2D eigenvalue weighted by Gasteiger charge is 2.37. The molecule has 218 valence electrons. The van der Waals surface area contributed by atoms with Crippen LogP contribution in [0.5, 0.6) is 11.5 Å². The molecule has 1 fully saturated rings. The summed E-state index contributed by atoms with van der Waals surface area (Å²) in [6, 6.07) is 22.0. The number of hydrogen-bond donors (Lipinski definition) is 1. The molecule has 0 radical (unpaired) electrons. The number of hydrogen-bond acceptors (Lipinski definition) is 5. The first kappa shape index (κ1) is 30.4. The highest BCUT2D eigenvalue weighted by Crippen LogP contribution is 2.30. The molecule has 1 heterocycles. The van der Waals surface area contributed by atoms with Gasteiger partial charge in [0.1, 0.15) is 30.3 Å². The molecule has 1 aliphatic rings. The van der Waals surface area contributed by atoms with Crippen LogP contribution in [0.15, 0.2) is 88.9 Å². The van der Waals surface area contributed by atoms with Crippen molar-refractivity contribution in [3.8, 4) is 11.5 Å². The molecule has 0 unspecified atom stereocenters. The van der Waals surface area contributed by atoms with Crippen molar-refractivity contribution in [1.82, 2.24) is 5.32 Å². The van der Waals surface area contributed by atoms with Crippen molar-refractivity contribution in [3.05, 3.63) is 127 Å². The highest BCUT2D eigenvalue weighted by atomic mass is 79.9. The average Bonchev–Trinajstić information content (AvgIpc) is 2.96. The number of nitrogens with one attached hydrogen (secondary N) is 1. The molecule has 0 saturated carbocycles. The zero-order valence-electron chi connectivity index (χ0n) is 23.1. The molecule has 0 aromatic heterocycles. The summed E-state index contributed by atoms with van der Waals surface area (Å²) in [6.45, 7) is 4.57. The topological polar surface area (TPSA) is 84.9 Å². The Hall–Kier alpha value is -4.11. The molecule has 4 amide bonds. The first-order chi connectivity index (χ1) is 20.6. The summed E-state index contributed by atoms with van der Waals surface area (Å²) in [4.78, 5) is 40.0. The van der Waals surface area contributed by atoms with E-state index < -0.39 is 17.8 Å². The molecule has 43 heavy (non-hydrogen) atoms. The predicted molar refractivity (Wildman–Crippen MR) is 171 cm³/mol. The number of nitrogens with zero attached hydrogens (tertiary/aromatic N) is 1. The van der Waals surface area contributed by atoms with E-state index in [1.165, 1.54) is 11.6 Å². The molecule has 0 aliphatic carbocycles. The standard InChI is InChI=1S/C33H25BrCl2N2O5/c1-19-3-4-21(13-20(19)2)17-43-30-12-6-24(34)14-23(30)15-28-31(39)37-33(41)38(32(28)40)26-8-10-27(11-9-26)42-18-22-5-7-25(35)16-29(22)36/h3-16H,17-18H2,1-2H3,(H,37,39,41)/b28-15+. The molecule has 10 heteroatoms. The van der Waals surface area contributed by atoms with E-state index in [0.29, 0.717) is 33.7 Å². The van der Waals surface area contributed by atoms with Gasteiger partial charge in [0, 0.05) is 25.6 Å². The number of carbonyl (C=O) groups is 3. The lowest BCUT2D eigenvalue weighted by Crippen LogP contribution is -2.54. The highest BCUT2D eigenvalue weighted by molar-refractivity contribution is 9.10. The Labute approximate surface area is 267 Å². The summed E-state index contributed by atoms with van der Waals surface area (Å²) >= 11 is 15.6. The van der Waals surface area contributed by atoms with Gasteiger partial charge in [0.25, 0.3) is 11.8 Å². The Bertz CT molecular complexity index is 1770. The molecular formula is C33H25BrCl2N2O5. The summed E-state index contributed by atoms with van der Waals surface area (Å²) in [6.07, 6.45) is 1.42. The van der Waals surface area contributed by atoms with Crippen molar-refractivity contribution in [2.45, 2.75) is 27.1 Å². The number of carbonyl (C=O) groups excluding carboxylic acids is 3. The minimum absolute atomic E-state index is 0.195. The second-order valence-electron chi connectivity index (χ2n) is 9.87. The van der Waals surface area contributed by atoms with Crippen molar-refractivity contribution < 1.29 is 23.9 Å². The van der Waals surface area contributed by atoms with E-state index in [-0.39, 0.29) is 17.9 Å². The van der Waals surface area contributed by atoms with E-state index in [0.717, 1.165) is 26.1 Å². The second-order valence-corrected chi connectivity index (χ2v) is 11.6. The van der Waals surface area contributed by atoms with Gasteiger partial charge >= 0.3 is 6.03 Å². The van der Waals surface area contributed by atoms with Gasteiger partial charge in [0.05, 0.1) is 5.69 Å². The zero-order valence-corrected chi connectivity index (χ0v) is 26.2. The summed E-state index contributed by atoms with van der Waals surface area (Å²) < 4.78 is 12.6. The number of anilines is 1. The van der Waals surface area contributed by atoms with Crippen molar-refractivity contribution in [1.29, 1.82) is 0 Å². The lowest BCUT2D eigenvalue weighted by atomic mass is 10.1. The van der Waals surface area contributed by atoms with Gasteiger partial charge in [0.2, 0.25) is 0 Å². The van der Waals surface area contributed by atoms with Crippen LogP contribution < -0.4 is 19.7 Å². The molecule has 1 saturated heterocycles. The Morgan fingerprint density at radius 1 is 0.837 bits per heavy atom. The zero-order chi connectivity index (χ0) is 30.7. The van der Waals surface area contributed by atoms with Crippen LogP contribution in [0, 0.1) is 13.8 Å². The van der Waals surface area contributed by atoms with E-state index >= 15 is 0 Å². The number of urea groups is 1. The van der Waals surface area contributed by atoms with Crippen molar-refractivity contribution in [3.63, 3.8) is 0 Å². The van der Waals surface area contributed by atoms with Gasteiger partial charge < -0.3 is 9.47 Å². The van der Waals surface area contributed by atoms with Crippen LogP contribution in [0.25, 0.3) is 6.08 Å². The second kappa shape index (κ2) is 13.0. The quantitative estimate of drug-likeness (QED) is 0.150.